The van der Waals surface area contributed by atoms with Gasteiger partial charge in [-0.25, -0.2) is 0 Å². The number of hydrogen-bond donors (Lipinski definition) is 1. The maximum Gasteiger partial charge on any atom is 0.00939 e. The highest BCUT2D eigenvalue weighted by atomic mass is 15.2. The van der Waals surface area contributed by atoms with E-state index in [0.717, 1.165) is 24.5 Å². The maximum absolute atomic E-state index is 3.58. The predicted octanol–water partition coefficient (Wildman–Crippen LogP) is 1.86. The molecule has 14 heavy (non-hydrogen) atoms. The molecule has 1 saturated heterocycles. The Kier molecular flexibility index (Phi) is 3.45. The Balaban J connectivity index is 1.74. The number of nitrogens with one attached hydrogen (secondary N) is 1. The molecular weight excluding hydrogens is 172 g/mol. The molecule has 0 bridgehead atoms. The van der Waals surface area contributed by atoms with Crippen LogP contribution >= 0.6 is 0 Å². The van der Waals surface area contributed by atoms with Gasteiger partial charge in [0.05, 0.1) is 0 Å². The van der Waals surface area contributed by atoms with Crippen molar-refractivity contribution in [2.45, 2.75) is 51.6 Å². The molecule has 0 spiro atoms. The minimum atomic E-state index is 0.783. The van der Waals surface area contributed by atoms with Crippen molar-refractivity contribution < 1.29 is 0 Å². The molecule has 0 aromatic rings. The summed E-state index contributed by atoms with van der Waals surface area (Å²) < 4.78 is 0. The largest absolute Gasteiger partial charge is 0.314 e. The Bertz CT molecular complexity index is 177. The van der Waals surface area contributed by atoms with Gasteiger partial charge in [0.1, 0.15) is 0 Å². The Hall–Kier alpha value is -0.0800. The first-order chi connectivity index (χ1) is 6.79. The van der Waals surface area contributed by atoms with E-state index in [1.54, 1.807) is 0 Å². The van der Waals surface area contributed by atoms with Crippen LogP contribution in [-0.4, -0.2) is 36.6 Å². The first-order valence-electron chi connectivity index (χ1n) is 6.27. The van der Waals surface area contributed by atoms with Gasteiger partial charge in [-0.05, 0) is 51.6 Å². The van der Waals surface area contributed by atoms with Crippen LogP contribution in [-0.2, 0) is 0 Å². The first kappa shape index (κ1) is 10.4. The van der Waals surface area contributed by atoms with Crippen molar-refractivity contribution in [3.05, 3.63) is 0 Å². The second kappa shape index (κ2) is 4.63. The summed E-state index contributed by atoms with van der Waals surface area (Å²) in [6.07, 6.45) is 5.67. The third kappa shape index (κ3) is 2.71. The summed E-state index contributed by atoms with van der Waals surface area (Å²) in [7, 11) is 0. The summed E-state index contributed by atoms with van der Waals surface area (Å²) in [5.74, 6) is 1.05. The van der Waals surface area contributed by atoms with Crippen molar-refractivity contribution in [3.8, 4) is 0 Å². The van der Waals surface area contributed by atoms with Gasteiger partial charge >= 0.3 is 0 Å². The summed E-state index contributed by atoms with van der Waals surface area (Å²) in [4.78, 5) is 2.70. The highest BCUT2D eigenvalue weighted by molar-refractivity contribution is 4.86. The molecule has 2 unspecified atom stereocenters. The fourth-order valence-corrected chi connectivity index (χ4v) is 2.60. The summed E-state index contributed by atoms with van der Waals surface area (Å²) in [6.45, 7) is 8.42. The maximum atomic E-state index is 3.58. The fraction of sp³-hybridized carbons (Fsp3) is 1.00. The molecule has 2 fully saturated rings. The second-order valence-corrected chi connectivity index (χ2v) is 5.07. The molecule has 1 heterocycles. The van der Waals surface area contributed by atoms with E-state index in [-0.39, 0.29) is 0 Å². The minimum Gasteiger partial charge on any atom is -0.314 e. The van der Waals surface area contributed by atoms with Gasteiger partial charge in [0.25, 0.3) is 0 Å². The molecule has 2 aliphatic rings. The van der Waals surface area contributed by atoms with E-state index >= 15 is 0 Å². The van der Waals surface area contributed by atoms with Gasteiger partial charge in [0.2, 0.25) is 0 Å². The average Bonchev–Trinajstić information content (AvgIpc) is 2.94. The van der Waals surface area contributed by atoms with Crippen LogP contribution in [0.5, 0.6) is 0 Å². The molecule has 1 saturated carbocycles. The van der Waals surface area contributed by atoms with Gasteiger partial charge in [-0.1, -0.05) is 6.92 Å². The molecule has 0 aromatic heterocycles. The normalized spacial score (nSPS) is 34.7. The molecule has 2 atom stereocenters. The van der Waals surface area contributed by atoms with Crippen molar-refractivity contribution in [2.75, 3.05) is 19.6 Å². The van der Waals surface area contributed by atoms with Crippen LogP contribution in [0.2, 0.25) is 0 Å². The van der Waals surface area contributed by atoms with E-state index in [4.69, 9.17) is 0 Å². The standard InChI is InChI=1S/C12H24N2/c1-3-13-12-6-7-14(10(2)8-12)9-11-4-5-11/h10-13H,3-9H2,1-2H3. The van der Waals surface area contributed by atoms with E-state index in [1.165, 1.54) is 38.8 Å². The molecule has 0 radical (unpaired) electrons. The van der Waals surface area contributed by atoms with Crippen LogP contribution in [0.1, 0.15) is 39.5 Å². The van der Waals surface area contributed by atoms with Crippen LogP contribution in [0.4, 0.5) is 0 Å². The van der Waals surface area contributed by atoms with E-state index in [2.05, 4.69) is 24.1 Å². The molecule has 2 rings (SSSR count). The van der Waals surface area contributed by atoms with Gasteiger partial charge in [-0.3, -0.25) is 0 Å². The lowest BCUT2D eigenvalue weighted by atomic mass is 9.98. The van der Waals surface area contributed by atoms with Gasteiger partial charge in [0.15, 0.2) is 0 Å². The number of rotatable bonds is 4. The molecule has 2 heteroatoms. The molecule has 0 aromatic carbocycles. The van der Waals surface area contributed by atoms with Crippen LogP contribution < -0.4 is 5.32 Å². The van der Waals surface area contributed by atoms with Crippen LogP contribution in [0.15, 0.2) is 0 Å². The quantitative estimate of drug-likeness (QED) is 0.738. The summed E-state index contributed by atoms with van der Waals surface area (Å²) in [6, 6.07) is 1.58. The molecule has 1 aliphatic carbocycles. The lowest BCUT2D eigenvalue weighted by Crippen LogP contribution is -2.47. The van der Waals surface area contributed by atoms with Crippen molar-refractivity contribution >= 4 is 0 Å². The molecule has 1 aliphatic heterocycles. The van der Waals surface area contributed by atoms with E-state index in [1.807, 2.05) is 0 Å². The van der Waals surface area contributed by atoms with Gasteiger partial charge in [-0.15, -0.1) is 0 Å². The summed E-state index contributed by atoms with van der Waals surface area (Å²) in [5, 5.41) is 3.58. The zero-order valence-corrected chi connectivity index (χ0v) is 9.63. The number of hydrogen-bond acceptors (Lipinski definition) is 2. The van der Waals surface area contributed by atoms with Crippen molar-refractivity contribution in [1.29, 1.82) is 0 Å². The SMILES string of the molecule is CCNC1CCN(CC2CC2)C(C)C1. The van der Waals surface area contributed by atoms with E-state index < -0.39 is 0 Å². The molecule has 82 valence electrons. The Morgan fingerprint density at radius 3 is 2.64 bits per heavy atom. The van der Waals surface area contributed by atoms with Crippen molar-refractivity contribution in [2.24, 2.45) is 5.92 Å². The predicted molar refractivity (Wildman–Crippen MR) is 60.5 cm³/mol. The summed E-state index contributed by atoms with van der Waals surface area (Å²) >= 11 is 0. The second-order valence-electron chi connectivity index (χ2n) is 5.07. The third-order valence-corrected chi connectivity index (χ3v) is 3.70. The highest BCUT2D eigenvalue weighted by Gasteiger charge is 2.30. The molecule has 2 nitrogen and oxygen atoms in total. The van der Waals surface area contributed by atoms with Crippen molar-refractivity contribution in [1.82, 2.24) is 10.2 Å². The smallest absolute Gasteiger partial charge is 0.00939 e. The monoisotopic (exact) mass is 196 g/mol. The highest BCUT2D eigenvalue weighted by Crippen LogP contribution is 2.31. The van der Waals surface area contributed by atoms with E-state index in [0.29, 0.717) is 0 Å². The Labute approximate surface area is 88.1 Å². The van der Waals surface area contributed by atoms with Crippen molar-refractivity contribution in [3.63, 3.8) is 0 Å². The van der Waals surface area contributed by atoms with Gasteiger partial charge in [-0.2, -0.15) is 0 Å². The number of piperidine rings is 1. The minimum absolute atomic E-state index is 0.783. The third-order valence-electron chi connectivity index (χ3n) is 3.70. The van der Waals surface area contributed by atoms with E-state index in [9.17, 15) is 0 Å². The zero-order chi connectivity index (χ0) is 9.97. The van der Waals surface area contributed by atoms with Gasteiger partial charge in [0, 0.05) is 18.6 Å². The zero-order valence-electron chi connectivity index (χ0n) is 9.63. The summed E-state index contributed by atoms with van der Waals surface area (Å²) in [5.41, 5.74) is 0. The van der Waals surface area contributed by atoms with Gasteiger partial charge < -0.3 is 10.2 Å². The Morgan fingerprint density at radius 2 is 2.07 bits per heavy atom. The first-order valence-corrected chi connectivity index (χ1v) is 6.27. The van der Waals surface area contributed by atoms with Crippen LogP contribution in [0, 0.1) is 5.92 Å². The van der Waals surface area contributed by atoms with Crippen LogP contribution in [0.25, 0.3) is 0 Å². The number of likely N-dealkylation sites (tertiary alicyclic amines) is 1. The lowest BCUT2D eigenvalue weighted by molar-refractivity contribution is 0.131. The number of nitrogens with zero attached hydrogens (tertiary/aromatic N) is 1. The fourth-order valence-electron chi connectivity index (χ4n) is 2.60. The van der Waals surface area contributed by atoms with Crippen LogP contribution in [0.3, 0.4) is 0 Å². The topological polar surface area (TPSA) is 15.3 Å². The molecular formula is C12H24N2. The molecule has 0 amide bonds. The Morgan fingerprint density at radius 1 is 1.29 bits per heavy atom. The average molecular weight is 196 g/mol. The lowest BCUT2D eigenvalue weighted by Gasteiger charge is -2.38. The molecule has 1 N–H and O–H groups in total.